The molecule has 0 unspecified atom stereocenters. The molecule has 0 aromatic heterocycles. The van der Waals surface area contributed by atoms with Gasteiger partial charge in [-0.15, -0.1) is 0 Å². The number of hydrogen-bond donors (Lipinski definition) is 1. The summed E-state index contributed by atoms with van der Waals surface area (Å²) >= 11 is 3.40. The lowest BCUT2D eigenvalue weighted by atomic mass is 9.74. The number of methoxy groups -OCH3 is 2. The van der Waals surface area contributed by atoms with E-state index in [0.717, 1.165) is 19.3 Å². The maximum Gasteiger partial charge on any atom is 0.168 e. The molecule has 0 radical (unpaired) electrons. The molecule has 0 saturated heterocycles. The highest BCUT2D eigenvalue weighted by Crippen LogP contribution is 2.39. The highest BCUT2D eigenvalue weighted by Gasteiger charge is 2.35. The summed E-state index contributed by atoms with van der Waals surface area (Å²) in [6.45, 7) is 0. The number of Topliss-reactive ketones (excluding diaryl/α,β-unsaturated/α-hetero) is 1. The zero-order chi connectivity index (χ0) is 14.0. The zero-order valence-corrected chi connectivity index (χ0v) is 12.7. The molecule has 0 heterocycles. The summed E-state index contributed by atoms with van der Waals surface area (Å²) in [6.07, 6.45) is 3.30. The zero-order valence-electron chi connectivity index (χ0n) is 11.2. The Morgan fingerprint density at radius 3 is 2.53 bits per heavy atom. The molecule has 0 bridgehead atoms. The maximum absolute atomic E-state index is 12.4. The smallest absolute Gasteiger partial charge is 0.168 e. The summed E-state index contributed by atoms with van der Waals surface area (Å²) in [7, 11) is 3.11. The third-order valence-electron chi connectivity index (χ3n) is 3.65. The van der Waals surface area contributed by atoms with Crippen LogP contribution in [0.25, 0.3) is 0 Å². The molecular formula is C14H18BrNO3. The van der Waals surface area contributed by atoms with Crippen LogP contribution >= 0.6 is 15.9 Å². The van der Waals surface area contributed by atoms with Crippen molar-refractivity contribution in [3.8, 4) is 11.5 Å². The first-order valence-electron chi connectivity index (χ1n) is 6.23. The fourth-order valence-corrected chi connectivity index (χ4v) is 3.01. The summed E-state index contributed by atoms with van der Waals surface area (Å²) in [5.41, 5.74) is 6.35. The van der Waals surface area contributed by atoms with Crippen molar-refractivity contribution in [1.29, 1.82) is 0 Å². The molecular weight excluding hydrogens is 310 g/mol. The van der Waals surface area contributed by atoms with Crippen LogP contribution in [-0.2, 0) is 0 Å². The van der Waals surface area contributed by atoms with Gasteiger partial charge in [0, 0.05) is 12.0 Å². The third kappa shape index (κ3) is 2.77. The average Bonchev–Trinajstić information content (AvgIpc) is 2.36. The Labute approximate surface area is 121 Å². The molecule has 0 amide bonds. The van der Waals surface area contributed by atoms with Gasteiger partial charge in [0.2, 0.25) is 0 Å². The molecule has 4 nitrogen and oxygen atoms in total. The van der Waals surface area contributed by atoms with E-state index in [0.29, 0.717) is 28.0 Å². The maximum atomic E-state index is 12.4. The molecule has 2 N–H and O–H groups in total. The van der Waals surface area contributed by atoms with Crippen LogP contribution in [0.1, 0.15) is 36.0 Å². The van der Waals surface area contributed by atoms with E-state index in [2.05, 4.69) is 15.9 Å². The van der Waals surface area contributed by atoms with Gasteiger partial charge in [-0.1, -0.05) is 0 Å². The van der Waals surface area contributed by atoms with Crippen LogP contribution in [0.2, 0.25) is 0 Å². The number of rotatable bonds is 5. The van der Waals surface area contributed by atoms with E-state index in [4.69, 9.17) is 15.2 Å². The van der Waals surface area contributed by atoms with E-state index in [1.165, 1.54) is 7.11 Å². The molecule has 104 valence electrons. The normalized spacial score (nSPS) is 16.6. The van der Waals surface area contributed by atoms with Crippen molar-refractivity contribution in [2.24, 2.45) is 5.73 Å². The predicted molar refractivity (Wildman–Crippen MR) is 77.0 cm³/mol. The fraction of sp³-hybridized carbons (Fsp3) is 0.500. The van der Waals surface area contributed by atoms with Crippen LogP contribution in [-0.4, -0.2) is 25.5 Å². The Morgan fingerprint density at radius 1 is 1.37 bits per heavy atom. The van der Waals surface area contributed by atoms with E-state index in [1.54, 1.807) is 19.2 Å². The van der Waals surface area contributed by atoms with Gasteiger partial charge in [-0.3, -0.25) is 4.79 Å². The van der Waals surface area contributed by atoms with Crippen LogP contribution in [0.15, 0.2) is 16.6 Å². The standard InChI is InChI=1S/C14H18BrNO3/c1-18-11-5-4-9(13(19-2)12(11)15)10(17)8-14(16)6-3-7-14/h4-5H,3,6-8,16H2,1-2H3. The van der Waals surface area contributed by atoms with Crippen LogP contribution in [0.5, 0.6) is 11.5 Å². The molecule has 19 heavy (non-hydrogen) atoms. The van der Waals surface area contributed by atoms with Crippen LogP contribution < -0.4 is 15.2 Å². The highest BCUT2D eigenvalue weighted by atomic mass is 79.9. The van der Waals surface area contributed by atoms with Gasteiger partial charge in [-0.25, -0.2) is 0 Å². The number of ether oxygens (including phenoxy) is 2. The fourth-order valence-electron chi connectivity index (χ4n) is 2.34. The molecule has 0 spiro atoms. The Hall–Kier alpha value is -1.07. The van der Waals surface area contributed by atoms with Gasteiger partial charge in [0.05, 0.1) is 19.8 Å². The monoisotopic (exact) mass is 327 g/mol. The minimum absolute atomic E-state index is 0.0161. The lowest BCUT2D eigenvalue weighted by molar-refractivity contribution is 0.0909. The van der Waals surface area contributed by atoms with Crippen LogP contribution in [0.3, 0.4) is 0 Å². The first-order chi connectivity index (χ1) is 9.00. The molecule has 1 aromatic carbocycles. The summed E-state index contributed by atoms with van der Waals surface area (Å²) in [5, 5.41) is 0. The van der Waals surface area contributed by atoms with Gasteiger partial charge >= 0.3 is 0 Å². The number of ketones is 1. The van der Waals surface area contributed by atoms with Gasteiger partial charge in [0.25, 0.3) is 0 Å². The van der Waals surface area contributed by atoms with Gasteiger partial charge in [-0.05, 0) is 47.3 Å². The van der Waals surface area contributed by atoms with Crippen LogP contribution in [0, 0.1) is 0 Å². The van der Waals surface area contributed by atoms with Crippen molar-refractivity contribution < 1.29 is 14.3 Å². The van der Waals surface area contributed by atoms with E-state index in [1.807, 2.05) is 0 Å². The lowest BCUT2D eigenvalue weighted by Crippen LogP contribution is -2.48. The van der Waals surface area contributed by atoms with Crippen molar-refractivity contribution in [2.75, 3.05) is 14.2 Å². The summed E-state index contributed by atoms with van der Waals surface area (Å²) in [4.78, 5) is 12.4. The molecule has 2 rings (SSSR count). The number of nitrogens with two attached hydrogens (primary N) is 1. The van der Waals surface area contributed by atoms with Gasteiger partial charge in [-0.2, -0.15) is 0 Å². The van der Waals surface area contributed by atoms with Crippen molar-refractivity contribution in [2.45, 2.75) is 31.2 Å². The van der Waals surface area contributed by atoms with Crippen molar-refractivity contribution in [3.63, 3.8) is 0 Å². The summed E-state index contributed by atoms with van der Waals surface area (Å²) < 4.78 is 11.2. The average molecular weight is 328 g/mol. The van der Waals surface area contributed by atoms with E-state index < -0.39 is 0 Å². The van der Waals surface area contributed by atoms with Gasteiger partial charge in [0.1, 0.15) is 16.0 Å². The second-order valence-electron chi connectivity index (χ2n) is 4.98. The van der Waals surface area contributed by atoms with Gasteiger partial charge in [0.15, 0.2) is 5.78 Å². The number of carbonyl (C=O) groups is 1. The number of carbonyl (C=O) groups excluding carboxylic acids is 1. The Balaban J connectivity index is 2.28. The Bertz CT molecular complexity index is 498. The van der Waals surface area contributed by atoms with Gasteiger partial charge < -0.3 is 15.2 Å². The molecule has 1 aliphatic rings. The Morgan fingerprint density at radius 2 is 2.05 bits per heavy atom. The number of benzene rings is 1. The molecule has 1 fully saturated rings. The SMILES string of the molecule is COc1ccc(C(=O)CC2(N)CCC2)c(OC)c1Br. The lowest BCUT2D eigenvalue weighted by Gasteiger charge is -2.37. The molecule has 1 saturated carbocycles. The van der Waals surface area contributed by atoms with E-state index >= 15 is 0 Å². The predicted octanol–water partition coefficient (Wildman–Crippen LogP) is 2.92. The second kappa shape index (κ2) is 5.51. The molecule has 1 aliphatic carbocycles. The molecule has 0 aliphatic heterocycles. The first-order valence-corrected chi connectivity index (χ1v) is 7.02. The quantitative estimate of drug-likeness (QED) is 0.844. The topological polar surface area (TPSA) is 61.5 Å². The van der Waals surface area contributed by atoms with Crippen molar-refractivity contribution >= 4 is 21.7 Å². The number of halogens is 1. The summed E-state index contributed by atoms with van der Waals surface area (Å²) in [6, 6.07) is 3.48. The molecule has 1 aromatic rings. The van der Waals surface area contributed by atoms with Crippen LogP contribution in [0.4, 0.5) is 0 Å². The second-order valence-corrected chi connectivity index (χ2v) is 5.77. The van der Waals surface area contributed by atoms with Crippen molar-refractivity contribution in [3.05, 3.63) is 22.2 Å². The summed E-state index contributed by atoms with van der Waals surface area (Å²) in [5.74, 6) is 1.16. The molecule has 5 heteroatoms. The first kappa shape index (κ1) is 14.3. The molecule has 0 atom stereocenters. The minimum Gasteiger partial charge on any atom is -0.495 e. The van der Waals surface area contributed by atoms with E-state index in [-0.39, 0.29) is 11.3 Å². The largest absolute Gasteiger partial charge is 0.495 e. The Kier molecular flexibility index (Phi) is 4.16. The highest BCUT2D eigenvalue weighted by molar-refractivity contribution is 9.10. The minimum atomic E-state index is -0.325. The third-order valence-corrected chi connectivity index (χ3v) is 4.40. The number of hydrogen-bond acceptors (Lipinski definition) is 4. The van der Waals surface area contributed by atoms with E-state index in [9.17, 15) is 4.79 Å². The van der Waals surface area contributed by atoms with Crippen molar-refractivity contribution in [1.82, 2.24) is 0 Å².